The molecule has 1 aromatic heterocycles. The lowest BCUT2D eigenvalue weighted by Gasteiger charge is -2.30. The number of isocyanates is 1. The van der Waals surface area contributed by atoms with Gasteiger partial charge >= 0.3 is 0 Å². The van der Waals surface area contributed by atoms with E-state index in [4.69, 9.17) is 0 Å². The zero-order valence-corrected chi connectivity index (χ0v) is 15.3. The molecule has 8 heteroatoms. The van der Waals surface area contributed by atoms with Crippen molar-refractivity contribution in [1.82, 2.24) is 14.3 Å². The van der Waals surface area contributed by atoms with Crippen LogP contribution in [0.2, 0.25) is 0 Å². The molecular formula is C19H18N4O3S. The summed E-state index contributed by atoms with van der Waals surface area (Å²) in [5.41, 5.74) is 2.31. The third kappa shape index (κ3) is 3.42. The molecule has 0 aliphatic carbocycles. The molecule has 2 aromatic carbocycles. The van der Waals surface area contributed by atoms with Crippen molar-refractivity contribution in [3.8, 4) is 0 Å². The maximum absolute atomic E-state index is 12.8. The van der Waals surface area contributed by atoms with Crippen molar-refractivity contribution in [2.45, 2.75) is 23.7 Å². The van der Waals surface area contributed by atoms with E-state index < -0.39 is 10.0 Å². The summed E-state index contributed by atoms with van der Waals surface area (Å²) < 4.78 is 27.2. The van der Waals surface area contributed by atoms with Crippen LogP contribution in [0, 0.1) is 0 Å². The molecule has 2 heterocycles. The minimum absolute atomic E-state index is 0.203. The third-order valence-corrected chi connectivity index (χ3v) is 6.81. The van der Waals surface area contributed by atoms with Gasteiger partial charge in [0.25, 0.3) is 0 Å². The second-order valence-electron chi connectivity index (χ2n) is 6.51. The Kier molecular flexibility index (Phi) is 4.61. The van der Waals surface area contributed by atoms with Crippen molar-refractivity contribution >= 4 is 32.8 Å². The van der Waals surface area contributed by atoms with Gasteiger partial charge in [-0.05, 0) is 49.2 Å². The van der Waals surface area contributed by atoms with Crippen molar-refractivity contribution in [2.24, 2.45) is 4.99 Å². The second kappa shape index (κ2) is 7.08. The molecule has 0 unspecified atom stereocenters. The first-order valence-corrected chi connectivity index (χ1v) is 10.1. The number of aromatic amines is 1. The number of imidazole rings is 1. The van der Waals surface area contributed by atoms with Gasteiger partial charge in [0.05, 0.1) is 21.6 Å². The van der Waals surface area contributed by atoms with Gasteiger partial charge in [0.15, 0.2) is 0 Å². The maximum Gasteiger partial charge on any atom is 0.243 e. The number of aliphatic imine (C=N–C) groups is 1. The monoisotopic (exact) mass is 382 g/mol. The highest BCUT2D eigenvalue weighted by Crippen LogP contribution is 2.30. The zero-order chi connectivity index (χ0) is 18.9. The molecule has 4 rings (SSSR count). The summed E-state index contributed by atoms with van der Waals surface area (Å²) >= 11 is 0. The molecule has 3 aromatic rings. The summed E-state index contributed by atoms with van der Waals surface area (Å²) in [5, 5.41) is 0. The zero-order valence-electron chi connectivity index (χ0n) is 14.5. The highest BCUT2D eigenvalue weighted by Gasteiger charge is 2.31. The van der Waals surface area contributed by atoms with Gasteiger partial charge in [-0.2, -0.15) is 9.30 Å². The number of piperidine rings is 1. The smallest absolute Gasteiger partial charge is 0.243 e. The molecule has 138 valence electrons. The lowest BCUT2D eigenvalue weighted by molar-refractivity contribution is 0.314. The summed E-state index contributed by atoms with van der Waals surface area (Å²) in [5.74, 6) is 1.14. The van der Waals surface area contributed by atoms with Crippen LogP contribution in [0.25, 0.3) is 11.0 Å². The molecule has 1 fully saturated rings. The summed E-state index contributed by atoms with van der Waals surface area (Å²) in [6.07, 6.45) is 2.87. The van der Waals surface area contributed by atoms with Crippen molar-refractivity contribution in [3.63, 3.8) is 0 Å². The number of sulfonamides is 1. The fraction of sp³-hybridized carbons (Fsp3) is 0.263. The summed E-state index contributed by atoms with van der Waals surface area (Å²) in [4.78, 5) is 22.0. The Hall–Kier alpha value is -2.80. The van der Waals surface area contributed by atoms with Gasteiger partial charge in [-0.3, -0.25) is 0 Å². The Morgan fingerprint density at radius 2 is 1.78 bits per heavy atom. The predicted octanol–water partition coefficient (Wildman–Crippen LogP) is 3.10. The number of nitrogens with one attached hydrogen (secondary N) is 1. The van der Waals surface area contributed by atoms with E-state index >= 15 is 0 Å². The lowest BCUT2D eigenvalue weighted by Crippen LogP contribution is -2.38. The van der Waals surface area contributed by atoms with Crippen molar-refractivity contribution in [1.29, 1.82) is 0 Å². The normalized spacial score (nSPS) is 16.3. The first-order chi connectivity index (χ1) is 13.1. The molecule has 1 aliphatic heterocycles. The summed E-state index contributed by atoms with van der Waals surface area (Å²) in [6.45, 7) is 0.885. The second-order valence-corrected chi connectivity index (χ2v) is 8.45. The van der Waals surface area contributed by atoms with Gasteiger partial charge in [0.1, 0.15) is 5.82 Å². The molecule has 0 bridgehead atoms. The third-order valence-electron chi connectivity index (χ3n) is 4.90. The maximum atomic E-state index is 12.8. The van der Waals surface area contributed by atoms with Crippen LogP contribution in [-0.2, 0) is 14.8 Å². The molecule has 1 N–H and O–H groups in total. The first-order valence-electron chi connectivity index (χ1n) is 8.70. The number of nitrogens with zero attached hydrogens (tertiary/aromatic N) is 3. The number of para-hydroxylation sites is 2. The fourth-order valence-corrected chi connectivity index (χ4v) is 4.90. The van der Waals surface area contributed by atoms with Crippen molar-refractivity contribution in [3.05, 3.63) is 54.4 Å². The summed E-state index contributed by atoms with van der Waals surface area (Å²) in [6, 6.07) is 13.8. The van der Waals surface area contributed by atoms with E-state index in [1.54, 1.807) is 0 Å². The van der Waals surface area contributed by atoms with Crippen LogP contribution in [0.3, 0.4) is 0 Å². The fourth-order valence-electron chi connectivity index (χ4n) is 3.43. The molecule has 1 aliphatic rings. The van der Waals surface area contributed by atoms with Gasteiger partial charge in [0, 0.05) is 19.0 Å². The van der Waals surface area contributed by atoms with Crippen LogP contribution in [0.4, 0.5) is 5.69 Å². The Bertz CT molecular complexity index is 1070. The molecule has 0 saturated carbocycles. The van der Waals surface area contributed by atoms with Gasteiger partial charge in [-0.25, -0.2) is 18.2 Å². The topological polar surface area (TPSA) is 95.5 Å². The first kappa shape index (κ1) is 17.6. The van der Waals surface area contributed by atoms with Gasteiger partial charge in [0.2, 0.25) is 16.1 Å². The van der Waals surface area contributed by atoms with E-state index in [1.807, 2.05) is 24.3 Å². The van der Waals surface area contributed by atoms with E-state index in [9.17, 15) is 13.2 Å². The number of fused-ring (bicyclic) bond motifs is 1. The minimum atomic E-state index is -3.56. The molecule has 0 amide bonds. The van der Waals surface area contributed by atoms with E-state index in [0.29, 0.717) is 31.6 Å². The number of aromatic nitrogens is 2. The van der Waals surface area contributed by atoms with Crippen molar-refractivity contribution < 1.29 is 13.2 Å². The highest BCUT2D eigenvalue weighted by molar-refractivity contribution is 7.89. The molecule has 27 heavy (non-hydrogen) atoms. The Labute approximate surface area is 156 Å². The largest absolute Gasteiger partial charge is 0.342 e. The minimum Gasteiger partial charge on any atom is -0.342 e. The highest BCUT2D eigenvalue weighted by atomic mass is 32.2. The lowest BCUT2D eigenvalue weighted by atomic mass is 9.97. The predicted molar refractivity (Wildman–Crippen MR) is 101 cm³/mol. The van der Waals surface area contributed by atoms with Crippen LogP contribution in [0.15, 0.2) is 58.4 Å². The quantitative estimate of drug-likeness (QED) is 0.554. The Morgan fingerprint density at radius 3 is 2.44 bits per heavy atom. The van der Waals surface area contributed by atoms with E-state index in [2.05, 4.69) is 15.0 Å². The van der Waals surface area contributed by atoms with Crippen molar-refractivity contribution in [2.75, 3.05) is 13.1 Å². The van der Waals surface area contributed by atoms with E-state index in [0.717, 1.165) is 16.9 Å². The number of hydrogen-bond donors (Lipinski definition) is 1. The van der Waals surface area contributed by atoms with Gasteiger partial charge in [-0.1, -0.05) is 12.1 Å². The van der Waals surface area contributed by atoms with Gasteiger partial charge < -0.3 is 4.98 Å². The van der Waals surface area contributed by atoms with Crippen LogP contribution in [0.5, 0.6) is 0 Å². The molecule has 0 radical (unpaired) electrons. The average molecular weight is 382 g/mol. The van der Waals surface area contributed by atoms with E-state index in [-0.39, 0.29) is 10.8 Å². The molecule has 7 nitrogen and oxygen atoms in total. The number of benzene rings is 2. The number of H-pyrrole nitrogens is 1. The standard InChI is InChI=1S/C19H18N4O3S/c24-13-20-15-5-7-16(8-6-15)27(25,26)23-11-9-14(10-12-23)19-21-17-3-1-2-4-18(17)22-19/h1-8,14H,9-12H2,(H,21,22). The van der Waals surface area contributed by atoms with E-state index in [1.165, 1.54) is 34.7 Å². The number of carbonyl (C=O) groups excluding carboxylic acids is 1. The molecular weight excluding hydrogens is 364 g/mol. The molecule has 0 atom stereocenters. The van der Waals surface area contributed by atoms with Crippen LogP contribution in [-0.4, -0.2) is 41.9 Å². The summed E-state index contributed by atoms with van der Waals surface area (Å²) in [7, 11) is -3.56. The van der Waals surface area contributed by atoms with Crippen LogP contribution < -0.4 is 0 Å². The Morgan fingerprint density at radius 1 is 1.07 bits per heavy atom. The van der Waals surface area contributed by atoms with Gasteiger partial charge in [-0.15, -0.1) is 0 Å². The SMILES string of the molecule is O=C=Nc1ccc(S(=O)(=O)N2CCC(c3nc4ccccc4[nH]3)CC2)cc1. The number of hydrogen-bond acceptors (Lipinski definition) is 5. The van der Waals surface area contributed by atoms with Crippen LogP contribution in [0.1, 0.15) is 24.6 Å². The van der Waals surface area contributed by atoms with Crippen LogP contribution >= 0.6 is 0 Å². The molecule has 1 saturated heterocycles. The number of rotatable bonds is 4. The average Bonchev–Trinajstić information content (AvgIpc) is 3.13. The Balaban J connectivity index is 1.48. The molecule has 0 spiro atoms.